The summed E-state index contributed by atoms with van der Waals surface area (Å²) in [5.74, 6) is 0.690. The highest BCUT2D eigenvalue weighted by Crippen LogP contribution is 2.23. The summed E-state index contributed by atoms with van der Waals surface area (Å²) in [6, 6.07) is 6.18. The molecule has 2 aromatic rings. The molecule has 0 saturated heterocycles. The normalized spacial score (nSPS) is 12.9. The van der Waals surface area contributed by atoms with E-state index in [2.05, 4.69) is 39.6 Å². The average Bonchev–Trinajstić information content (AvgIpc) is 2.71. The number of nitrogens with zero attached hydrogens (tertiary/aromatic N) is 1. The molecule has 0 saturated carbocycles. The molecule has 114 valence electrons. The number of amides is 1. The van der Waals surface area contributed by atoms with Crippen molar-refractivity contribution in [2.75, 3.05) is 7.05 Å². The Balaban J connectivity index is 2.28. The van der Waals surface area contributed by atoms with E-state index in [9.17, 15) is 4.79 Å². The lowest BCUT2D eigenvalue weighted by Gasteiger charge is -2.26. The molecule has 1 amide bonds. The van der Waals surface area contributed by atoms with E-state index >= 15 is 0 Å². The van der Waals surface area contributed by atoms with E-state index in [1.54, 1.807) is 0 Å². The molecule has 1 aromatic heterocycles. The van der Waals surface area contributed by atoms with E-state index in [-0.39, 0.29) is 11.9 Å². The van der Waals surface area contributed by atoms with Crippen molar-refractivity contribution in [2.45, 2.75) is 47.1 Å². The van der Waals surface area contributed by atoms with Gasteiger partial charge in [0, 0.05) is 35.2 Å². The number of fused-ring (bicyclic) bond motifs is 1. The van der Waals surface area contributed by atoms with Crippen molar-refractivity contribution < 1.29 is 4.79 Å². The number of rotatable bonds is 4. The zero-order valence-electron chi connectivity index (χ0n) is 13.9. The molecule has 1 aromatic carbocycles. The minimum Gasteiger partial charge on any atom is -0.358 e. The van der Waals surface area contributed by atoms with Crippen LogP contribution in [0.25, 0.3) is 10.9 Å². The first-order chi connectivity index (χ1) is 9.81. The fraction of sp³-hybridized carbons (Fsp3) is 0.500. The summed E-state index contributed by atoms with van der Waals surface area (Å²) in [6.07, 6.45) is 1.02. The summed E-state index contributed by atoms with van der Waals surface area (Å²) in [7, 11) is 1.90. The van der Waals surface area contributed by atoms with Gasteiger partial charge in [-0.2, -0.15) is 0 Å². The molecule has 3 nitrogen and oxygen atoms in total. The topological polar surface area (TPSA) is 36.1 Å². The fourth-order valence-corrected chi connectivity index (χ4v) is 2.84. The first-order valence-electron chi connectivity index (χ1n) is 7.67. The van der Waals surface area contributed by atoms with Crippen molar-refractivity contribution in [3.05, 3.63) is 35.0 Å². The number of carbonyl (C=O) groups excluding carboxylic acids is 1. The molecule has 0 bridgehead atoms. The van der Waals surface area contributed by atoms with Crippen LogP contribution in [0, 0.1) is 19.8 Å². The quantitative estimate of drug-likeness (QED) is 0.894. The molecule has 0 spiro atoms. The van der Waals surface area contributed by atoms with Gasteiger partial charge in [-0.3, -0.25) is 4.79 Å². The Bertz CT molecular complexity index is 655. The van der Waals surface area contributed by atoms with Gasteiger partial charge < -0.3 is 9.88 Å². The monoisotopic (exact) mass is 286 g/mol. The molecule has 2 rings (SSSR count). The molecule has 0 aliphatic heterocycles. The summed E-state index contributed by atoms with van der Waals surface area (Å²) < 4.78 is 0. The molecular formula is C18H26N2O. The number of aromatic nitrogens is 1. The van der Waals surface area contributed by atoms with Gasteiger partial charge in [0.2, 0.25) is 0 Å². The first-order valence-corrected chi connectivity index (χ1v) is 7.67. The largest absolute Gasteiger partial charge is 0.358 e. The lowest BCUT2D eigenvalue weighted by atomic mass is 10.0. The standard InChI is InChI=1S/C18H26N2O/c1-11(2)9-12(3)20(6)18(21)15-7-8-17-16(10-15)13(4)14(5)19-17/h7-8,10-12,19H,9H2,1-6H3. The van der Waals surface area contributed by atoms with E-state index in [0.29, 0.717) is 5.92 Å². The number of benzene rings is 1. The molecule has 0 aliphatic carbocycles. The maximum atomic E-state index is 12.6. The highest BCUT2D eigenvalue weighted by molar-refractivity contribution is 5.99. The summed E-state index contributed by atoms with van der Waals surface area (Å²) in [4.78, 5) is 17.8. The van der Waals surface area contributed by atoms with Crippen molar-refractivity contribution in [1.29, 1.82) is 0 Å². The van der Waals surface area contributed by atoms with E-state index in [0.717, 1.165) is 28.6 Å². The van der Waals surface area contributed by atoms with Gasteiger partial charge in [-0.25, -0.2) is 0 Å². The van der Waals surface area contributed by atoms with Crippen LogP contribution in [0.2, 0.25) is 0 Å². The van der Waals surface area contributed by atoms with Crippen molar-refractivity contribution in [2.24, 2.45) is 5.92 Å². The van der Waals surface area contributed by atoms with Crippen LogP contribution in [-0.2, 0) is 0 Å². The summed E-state index contributed by atoms with van der Waals surface area (Å²) >= 11 is 0. The van der Waals surface area contributed by atoms with Gasteiger partial charge in [0.25, 0.3) is 5.91 Å². The predicted octanol–water partition coefficient (Wildman–Crippen LogP) is 4.29. The summed E-state index contributed by atoms with van der Waals surface area (Å²) in [5.41, 5.74) is 4.25. The van der Waals surface area contributed by atoms with Gasteiger partial charge in [0.05, 0.1) is 0 Å². The van der Waals surface area contributed by atoms with Crippen LogP contribution in [-0.4, -0.2) is 28.9 Å². The predicted molar refractivity (Wildman–Crippen MR) is 88.8 cm³/mol. The molecule has 21 heavy (non-hydrogen) atoms. The third kappa shape index (κ3) is 3.12. The van der Waals surface area contributed by atoms with Crippen molar-refractivity contribution in [3.8, 4) is 0 Å². The lowest BCUT2D eigenvalue weighted by molar-refractivity contribution is 0.0728. The smallest absolute Gasteiger partial charge is 0.253 e. The van der Waals surface area contributed by atoms with Gasteiger partial charge >= 0.3 is 0 Å². The zero-order chi connectivity index (χ0) is 15.7. The molecule has 3 heteroatoms. The second-order valence-corrected chi connectivity index (χ2v) is 6.53. The fourth-order valence-electron chi connectivity index (χ4n) is 2.84. The Morgan fingerprint density at radius 3 is 2.52 bits per heavy atom. The molecule has 1 N–H and O–H groups in total. The number of H-pyrrole nitrogens is 1. The summed E-state index contributed by atoms with van der Waals surface area (Å²) in [5, 5.41) is 1.14. The van der Waals surface area contributed by atoms with Crippen LogP contribution >= 0.6 is 0 Å². The maximum absolute atomic E-state index is 12.6. The van der Waals surface area contributed by atoms with E-state index in [1.165, 1.54) is 5.56 Å². The molecular weight excluding hydrogens is 260 g/mol. The molecule has 0 aliphatic rings. The van der Waals surface area contributed by atoms with Gasteiger partial charge in [-0.15, -0.1) is 0 Å². The Kier molecular flexibility index (Phi) is 4.40. The second kappa shape index (κ2) is 5.92. The van der Waals surface area contributed by atoms with Crippen molar-refractivity contribution >= 4 is 16.8 Å². The molecule has 1 atom stereocenters. The number of hydrogen-bond donors (Lipinski definition) is 1. The van der Waals surface area contributed by atoms with Gasteiger partial charge in [0.1, 0.15) is 0 Å². The Labute approximate surface area is 127 Å². The van der Waals surface area contributed by atoms with Crippen LogP contribution in [0.4, 0.5) is 0 Å². The van der Waals surface area contributed by atoms with Crippen LogP contribution in [0.5, 0.6) is 0 Å². The zero-order valence-corrected chi connectivity index (χ0v) is 13.9. The molecule has 0 fully saturated rings. The number of nitrogens with one attached hydrogen (secondary N) is 1. The summed E-state index contributed by atoms with van der Waals surface area (Å²) in [6.45, 7) is 10.6. The molecule has 1 heterocycles. The third-order valence-electron chi connectivity index (χ3n) is 4.35. The van der Waals surface area contributed by atoms with E-state index in [1.807, 2.05) is 30.1 Å². The van der Waals surface area contributed by atoms with E-state index in [4.69, 9.17) is 0 Å². The average molecular weight is 286 g/mol. The first kappa shape index (κ1) is 15.6. The highest BCUT2D eigenvalue weighted by Gasteiger charge is 2.19. The van der Waals surface area contributed by atoms with Crippen LogP contribution in [0.1, 0.15) is 48.8 Å². The maximum Gasteiger partial charge on any atom is 0.253 e. The molecule has 1 unspecified atom stereocenters. The van der Waals surface area contributed by atoms with E-state index < -0.39 is 0 Å². The minimum absolute atomic E-state index is 0.100. The molecule has 0 radical (unpaired) electrons. The Hall–Kier alpha value is -1.77. The van der Waals surface area contributed by atoms with Crippen molar-refractivity contribution in [3.63, 3.8) is 0 Å². The Morgan fingerprint density at radius 2 is 1.90 bits per heavy atom. The van der Waals surface area contributed by atoms with Gasteiger partial charge in [0.15, 0.2) is 0 Å². The third-order valence-corrected chi connectivity index (χ3v) is 4.35. The minimum atomic E-state index is 0.100. The number of hydrogen-bond acceptors (Lipinski definition) is 1. The number of aryl methyl sites for hydroxylation is 2. The van der Waals surface area contributed by atoms with Crippen LogP contribution in [0.3, 0.4) is 0 Å². The van der Waals surface area contributed by atoms with Gasteiger partial charge in [-0.05, 0) is 56.9 Å². The lowest BCUT2D eigenvalue weighted by Crippen LogP contribution is -2.35. The van der Waals surface area contributed by atoms with Crippen LogP contribution < -0.4 is 0 Å². The number of carbonyl (C=O) groups is 1. The van der Waals surface area contributed by atoms with Crippen LogP contribution in [0.15, 0.2) is 18.2 Å². The SMILES string of the molecule is Cc1[nH]c2ccc(C(=O)N(C)C(C)CC(C)C)cc2c1C. The van der Waals surface area contributed by atoms with Gasteiger partial charge in [-0.1, -0.05) is 13.8 Å². The number of aromatic amines is 1. The second-order valence-electron chi connectivity index (χ2n) is 6.53. The highest BCUT2D eigenvalue weighted by atomic mass is 16.2. The van der Waals surface area contributed by atoms with Crippen molar-refractivity contribution in [1.82, 2.24) is 9.88 Å². The Morgan fingerprint density at radius 1 is 1.24 bits per heavy atom.